The summed E-state index contributed by atoms with van der Waals surface area (Å²) in [7, 11) is 2.17. The first-order valence-electron chi connectivity index (χ1n) is 9.88. The number of aromatic nitrogens is 1. The van der Waals surface area contributed by atoms with E-state index in [9.17, 15) is 4.39 Å². The molecule has 0 aliphatic carbocycles. The predicted molar refractivity (Wildman–Crippen MR) is 132 cm³/mol. The maximum Gasteiger partial charge on any atom is 0.186 e. The molecular weight excluding hydrogens is 460 g/mol. The molecule has 1 saturated heterocycles. The Labute approximate surface area is 199 Å². The van der Waals surface area contributed by atoms with E-state index < -0.39 is 0 Å². The average Bonchev–Trinajstić information content (AvgIpc) is 3.35. The van der Waals surface area contributed by atoms with Crippen molar-refractivity contribution in [2.45, 2.75) is 25.3 Å². The second-order valence-corrected chi connectivity index (χ2v) is 8.34. The zero-order valence-corrected chi connectivity index (χ0v) is 19.9. The Kier molecular flexibility index (Phi) is 11.5. The molecule has 2 aromatic carbocycles. The fourth-order valence-electron chi connectivity index (χ4n) is 3.66. The second-order valence-electron chi connectivity index (χ2n) is 7.33. The van der Waals surface area contributed by atoms with Gasteiger partial charge in [0.1, 0.15) is 11.6 Å². The molecule has 0 saturated carbocycles. The summed E-state index contributed by atoms with van der Waals surface area (Å²) in [6, 6.07) is 15.1. The van der Waals surface area contributed by atoms with E-state index in [0.29, 0.717) is 12.6 Å². The molecule has 1 atom stereocenters. The monoisotopic (exact) mass is 489 g/mol. The number of anilines is 1. The van der Waals surface area contributed by atoms with Gasteiger partial charge in [-0.25, -0.2) is 9.37 Å². The molecule has 0 radical (unpaired) electrons. The minimum absolute atomic E-state index is 0. The molecule has 1 aromatic heterocycles. The number of fused-ring (bicyclic) bond motifs is 1. The number of para-hydroxylation sites is 1. The van der Waals surface area contributed by atoms with Gasteiger partial charge < -0.3 is 20.0 Å². The Morgan fingerprint density at radius 2 is 1.87 bits per heavy atom. The molecule has 31 heavy (non-hydrogen) atoms. The molecule has 1 aliphatic rings. The highest BCUT2D eigenvalue weighted by Crippen LogP contribution is 2.30. The zero-order valence-electron chi connectivity index (χ0n) is 17.5. The van der Waals surface area contributed by atoms with Gasteiger partial charge in [0.2, 0.25) is 0 Å². The van der Waals surface area contributed by atoms with E-state index in [1.54, 1.807) is 23.5 Å². The molecule has 1 fully saturated rings. The van der Waals surface area contributed by atoms with Crippen LogP contribution in [-0.2, 0) is 0 Å². The van der Waals surface area contributed by atoms with Gasteiger partial charge in [-0.2, -0.15) is 0 Å². The lowest BCUT2D eigenvalue weighted by Crippen LogP contribution is -2.34. The largest absolute Gasteiger partial charge is 0.494 e. The van der Waals surface area contributed by atoms with Crippen molar-refractivity contribution in [3.05, 3.63) is 54.3 Å². The first-order chi connectivity index (χ1) is 13.7. The number of nitrogens with zero attached hydrogens (tertiary/aromatic N) is 3. The van der Waals surface area contributed by atoms with Crippen LogP contribution in [0, 0.1) is 5.82 Å². The van der Waals surface area contributed by atoms with Gasteiger partial charge in [-0.05, 0) is 62.2 Å². The first kappa shape index (κ1) is 27.4. The van der Waals surface area contributed by atoms with Crippen LogP contribution >= 0.6 is 36.2 Å². The molecule has 4 rings (SSSR count). The van der Waals surface area contributed by atoms with Gasteiger partial charge in [-0.1, -0.05) is 23.5 Å². The van der Waals surface area contributed by atoms with Crippen LogP contribution in [0.15, 0.2) is 48.5 Å². The number of hydrogen-bond acceptors (Lipinski definition) is 5. The van der Waals surface area contributed by atoms with Crippen molar-refractivity contribution >= 4 is 51.5 Å². The average molecular weight is 490 g/mol. The van der Waals surface area contributed by atoms with Crippen LogP contribution in [0.4, 0.5) is 9.52 Å². The quantitative estimate of drug-likeness (QED) is 0.425. The van der Waals surface area contributed by atoms with Gasteiger partial charge >= 0.3 is 0 Å². The van der Waals surface area contributed by atoms with E-state index in [1.165, 1.54) is 23.3 Å². The lowest BCUT2D eigenvalue weighted by atomic mass is 10.2. The number of thiazole rings is 1. The Balaban J connectivity index is 0.00000160. The number of benzene rings is 2. The highest BCUT2D eigenvalue weighted by atomic mass is 35.5. The molecule has 0 bridgehead atoms. The molecule has 5 nitrogen and oxygen atoms in total. The number of rotatable bonds is 8. The van der Waals surface area contributed by atoms with Crippen LogP contribution in [0.1, 0.15) is 19.3 Å². The number of likely N-dealkylation sites (tertiary alicyclic amines) is 1. The topological polar surface area (TPSA) is 60.1 Å². The summed E-state index contributed by atoms with van der Waals surface area (Å²) in [5.74, 6) is 0.506. The van der Waals surface area contributed by atoms with Gasteiger partial charge in [0.15, 0.2) is 5.13 Å². The third kappa shape index (κ3) is 7.19. The van der Waals surface area contributed by atoms with Crippen molar-refractivity contribution < 1.29 is 14.6 Å². The Morgan fingerprint density at radius 1 is 1.13 bits per heavy atom. The number of halogens is 3. The number of likely N-dealkylation sites (N-methyl/N-ethyl adjacent to an activating group) is 1. The summed E-state index contributed by atoms with van der Waals surface area (Å²) < 4.78 is 19.8. The first-order valence-corrected chi connectivity index (χ1v) is 10.7. The maximum absolute atomic E-state index is 12.9. The minimum atomic E-state index is -0.230. The van der Waals surface area contributed by atoms with Gasteiger partial charge in [-0.15, -0.1) is 24.8 Å². The van der Waals surface area contributed by atoms with Gasteiger partial charge in [0, 0.05) is 26.2 Å². The zero-order chi connectivity index (χ0) is 19.3. The van der Waals surface area contributed by atoms with E-state index in [2.05, 4.69) is 35.0 Å². The Morgan fingerprint density at radius 3 is 2.61 bits per heavy atom. The maximum atomic E-state index is 12.9. The highest BCUT2D eigenvalue weighted by molar-refractivity contribution is 7.22. The molecule has 9 heteroatoms. The summed E-state index contributed by atoms with van der Waals surface area (Å²) in [6.07, 6.45) is 3.30. The SMILES string of the molecule is CN(c1nc2ccccc2s1)C1CCN(CCCCOc2ccc(F)cc2)C1.Cl.Cl.O. The van der Waals surface area contributed by atoms with Crippen LogP contribution in [-0.4, -0.2) is 54.7 Å². The van der Waals surface area contributed by atoms with E-state index in [0.717, 1.165) is 48.9 Å². The molecule has 0 spiro atoms. The van der Waals surface area contributed by atoms with Crippen LogP contribution in [0.2, 0.25) is 0 Å². The molecule has 1 unspecified atom stereocenters. The summed E-state index contributed by atoms with van der Waals surface area (Å²) in [4.78, 5) is 9.67. The molecule has 1 aliphatic heterocycles. The Bertz CT molecular complexity index is 880. The standard InChI is InChI=1S/C22H26FN3OS.2ClH.H2O/c1-25(22-24-20-6-2-3-7-21(20)28-22)18-12-14-26(16-18)13-4-5-15-27-19-10-8-17(23)9-11-19;;;/h2-3,6-11,18H,4-5,12-16H2,1H3;2*1H;1H2. The van der Waals surface area contributed by atoms with Crippen molar-refractivity contribution in [1.29, 1.82) is 0 Å². The van der Waals surface area contributed by atoms with Crippen molar-refractivity contribution in [2.75, 3.05) is 38.2 Å². The summed E-state index contributed by atoms with van der Waals surface area (Å²) in [6.45, 7) is 4.00. The van der Waals surface area contributed by atoms with Crippen molar-refractivity contribution in [2.24, 2.45) is 0 Å². The predicted octanol–water partition coefficient (Wildman–Crippen LogP) is 4.82. The lowest BCUT2D eigenvalue weighted by Gasteiger charge is -2.24. The van der Waals surface area contributed by atoms with E-state index in [1.807, 2.05) is 6.07 Å². The molecule has 3 aromatic rings. The van der Waals surface area contributed by atoms with Crippen LogP contribution in [0.25, 0.3) is 10.2 Å². The number of ether oxygens (including phenoxy) is 1. The molecule has 2 N–H and O–H groups in total. The van der Waals surface area contributed by atoms with Crippen LogP contribution < -0.4 is 9.64 Å². The third-order valence-corrected chi connectivity index (χ3v) is 6.46. The smallest absolute Gasteiger partial charge is 0.186 e. The van der Waals surface area contributed by atoms with Crippen LogP contribution in [0.3, 0.4) is 0 Å². The van der Waals surface area contributed by atoms with Crippen molar-refractivity contribution in [1.82, 2.24) is 9.88 Å². The lowest BCUT2D eigenvalue weighted by molar-refractivity contribution is 0.278. The third-order valence-electron chi connectivity index (χ3n) is 5.33. The van der Waals surface area contributed by atoms with E-state index in [-0.39, 0.29) is 36.1 Å². The van der Waals surface area contributed by atoms with Crippen LogP contribution in [0.5, 0.6) is 5.75 Å². The summed E-state index contributed by atoms with van der Waals surface area (Å²) in [5, 5.41) is 1.11. The van der Waals surface area contributed by atoms with E-state index in [4.69, 9.17) is 9.72 Å². The number of unbranched alkanes of at least 4 members (excludes halogenated alkanes) is 1. The van der Waals surface area contributed by atoms with Gasteiger partial charge in [-0.3, -0.25) is 0 Å². The van der Waals surface area contributed by atoms with Crippen molar-refractivity contribution in [3.8, 4) is 5.75 Å². The highest BCUT2D eigenvalue weighted by Gasteiger charge is 2.27. The molecular formula is C22H30Cl2FN3O2S. The fraction of sp³-hybridized carbons (Fsp3) is 0.409. The van der Waals surface area contributed by atoms with Gasteiger partial charge in [0.25, 0.3) is 0 Å². The summed E-state index contributed by atoms with van der Waals surface area (Å²) in [5.41, 5.74) is 1.09. The summed E-state index contributed by atoms with van der Waals surface area (Å²) >= 11 is 1.77. The molecule has 172 valence electrons. The second kappa shape index (κ2) is 13.0. The van der Waals surface area contributed by atoms with Gasteiger partial charge in [0.05, 0.1) is 16.8 Å². The number of hydrogen-bond donors (Lipinski definition) is 0. The minimum Gasteiger partial charge on any atom is -0.494 e. The Hall–Kier alpha value is -1.64. The van der Waals surface area contributed by atoms with E-state index >= 15 is 0 Å². The fourth-order valence-corrected chi connectivity index (χ4v) is 4.66. The normalized spacial score (nSPS) is 15.6. The molecule has 0 amide bonds. The van der Waals surface area contributed by atoms with Crippen molar-refractivity contribution in [3.63, 3.8) is 0 Å². The molecule has 2 heterocycles.